The molecule has 0 aromatic carbocycles. The third-order valence-corrected chi connectivity index (χ3v) is 4.70. The molecule has 7 heteroatoms. The van der Waals surface area contributed by atoms with Crippen LogP contribution in [0.25, 0.3) is 0 Å². The number of alkyl halides is 2. The molecule has 21 heavy (non-hydrogen) atoms. The molecule has 2 atom stereocenters. The van der Waals surface area contributed by atoms with E-state index in [1.807, 2.05) is 4.90 Å². The monoisotopic (exact) mass is 321 g/mol. The maximum absolute atomic E-state index is 14.2. The Morgan fingerprint density at radius 1 is 1.33 bits per heavy atom. The maximum Gasteiger partial charge on any atom is 0.280 e. The number of piperidine rings is 1. The topological polar surface area (TPSA) is 35.6 Å². The van der Waals surface area contributed by atoms with E-state index in [1.165, 1.54) is 0 Å². The summed E-state index contributed by atoms with van der Waals surface area (Å²) in [5, 5.41) is 1.86. The van der Waals surface area contributed by atoms with Gasteiger partial charge in [-0.05, 0) is 27.2 Å². The molecule has 0 radical (unpaired) electrons. The fourth-order valence-corrected chi connectivity index (χ4v) is 2.96. The van der Waals surface area contributed by atoms with Crippen molar-refractivity contribution in [3.8, 4) is 0 Å². The van der Waals surface area contributed by atoms with Gasteiger partial charge >= 0.3 is 0 Å². The van der Waals surface area contributed by atoms with Crippen LogP contribution in [0.1, 0.15) is 27.2 Å². The Kier molecular flexibility index (Phi) is 5.15. The van der Waals surface area contributed by atoms with Gasteiger partial charge in [0, 0.05) is 31.7 Å². The molecular formula is C14H25F2N3OS. The van der Waals surface area contributed by atoms with Crippen molar-refractivity contribution in [1.29, 1.82) is 0 Å². The minimum atomic E-state index is -2.88. The van der Waals surface area contributed by atoms with Crippen molar-refractivity contribution < 1.29 is 13.6 Å². The number of carbonyl (C=O) groups excluding carboxylic acids is 1. The van der Waals surface area contributed by atoms with Gasteiger partial charge in [-0.25, -0.2) is 8.78 Å². The molecule has 0 bridgehead atoms. The number of amides is 1. The van der Waals surface area contributed by atoms with E-state index in [-0.39, 0.29) is 19.0 Å². The lowest BCUT2D eigenvalue weighted by atomic mass is 9.96. The standard InChI is InChI=1S/C14H25F2N3OS/c1-9(2)19-6-11(7-19)18-5-4-12(14(15,16)8-18)17-13(20)10(3)21/h9-12,21H,4-8H2,1-3H3,(H,17,20). The summed E-state index contributed by atoms with van der Waals surface area (Å²) in [5.41, 5.74) is 0. The second-order valence-corrected chi connectivity index (χ2v) is 7.23. The summed E-state index contributed by atoms with van der Waals surface area (Å²) >= 11 is 3.98. The number of halogens is 2. The van der Waals surface area contributed by atoms with Gasteiger partial charge in [0.1, 0.15) is 0 Å². The van der Waals surface area contributed by atoms with E-state index >= 15 is 0 Å². The first-order chi connectivity index (χ1) is 9.70. The predicted molar refractivity (Wildman–Crippen MR) is 82.0 cm³/mol. The number of nitrogens with zero attached hydrogens (tertiary/aromatic N) is 2. The Morgan fingerprint density at radius 3 is 2.43 bits per heavy atom. The molecule has 1 amide bonds. The van der Waals surface area contributed by atoms with Crippen molar-refractivity contribution in [3.63, 3.8) is 0 Å². The number of thiol groups is 1. The van der Waals surface area contributed by atoms with Gasteiger partial charge in [0.2, 0.25) is 5.91 Å². The zero-order valence-corrected chi connectivity index (χ0v) is 13.7. The van der Waals surface area contributed by atoms with Crippen LogP contribution in [0.15, 0.2) is 0 Å². The largest absolute Gasteiger partial charge is 0.346 e. The van der Waals surface area contributed by atoms with Crippen LogP contribution in [0.3, 0.4) is 0 Å². The van der Waals surface area contributed by atoms with Gasteiger partial charge in [0.15, 0.2) is 0 Å². The molecule has 0 aromatic heterocycles. The van der Waals surface area contributed by atoms with E-state index in [1.54, 1.807) is 6.92 Å². The second-order valence-electron chi connectivity index (χ2n) is 6.46. The van der Waals surface area contributed by atoms with Gasteiger partial charge in [0.05, 0.1) is 17.8 Å². The summed E-state index contributed by atoms with van der Waals surface area (Å²) in [7, 11) is 0. The normalized spacial score (nSPS) is 29.2. The van der Waals surface area contributed by atoms with Gasteiger partial charge in [-0.3, -0.25) is 14.6 Å². The zero-order valence-electron chi connectivity index (χ0n) is 12.9. The molecule has 0 spiro atoms. The third kappa shape index (κ3) is 3.87. The lowest BCUT2D eigenvalue weighted by Gasteiger charge is -2.50. The fourth-order valence-electron chi connectivity index (χ4n) is 2.89. The van der Waals surface area contributed by atoms with Crippen LogP contribution in [0.5, 0.6) is 0 Å². The Bertz CT molecular complexity index is 386. The average molecular weight is 321 g/mol. The maximum atomic E-state index is 14.2. The average Bonchev–Trinajstić information content (AvgIpc) is 2.29. The van der Waals surface area contributed by atoms with Crippen LogP contribution < -0.4 is 5.32 Å². The number of rotatable bonds is 4. The van der Waals surface area contributed by atoms with Crippen molar-refractivity contribution in [3.05, 3.63) is 0 Å². The molecule has 2 fully saturated rings. The van der Waals surface area contributed by atoms with Crippen LogP contribution in [-0.4, -0.2) is 71.2 Å². The van der Waals surface area contributed by atoms with Crippen LogP contribution in [0.2, 0.25) is 0 Å². The Balaban J connectivity index is 1.87. The highest BCUT2D eigenvalue weighted by molar-refractivity contribution is 7.81. The lowest BCUT2D eigenvalue weighted by Crippen LogP contribution is -2.67. The summed E-state index contributed by atoms with van der Waals surface area (Å²) < 4.78 is 28.4. The first kappa shape index (κ1) is 17.0. The number of nitrogens with one attached hydrogen (secondary N) is 1. The number of carbonyl (C=O) groups is 1. The van der Waals surface area contributed by atoms with Crippen molar-refractivity contribution >= 4 is 18.5 Å². The molecule has 2 unspecified atom stereocenters. The van der Waals surface area contributed by atoms with Gasteiger partial charge in [-0.2, -0.15) is 12.6 Å². The number of hydrogen-bond acceptors (Lipinski definition) is 4. The molecule has 0 aromatic rings. The summed E-state index contributed by atoms with van der Waals surface area (Å²) in [6, 6.07) is -0.383. The molecule has 2 rings (SSSR count). The quantitative estimate of drug-likeness (QED) is 0.765. The summed E-state index contributed by atoms with van der Waals surface area (Å²) in [6.45, 7) is 7.88. The molecule has 122 valence electrons. The highest BCUT2D eigenvalue weighted by atomic mass is 32.1. The molecule has 0 aliphatic carbocycles. The summed E-state index contributed by atoms with van der Waals surface area (Å²) in [5.74, 6) is -3.31. The van der Waals surface area contributed by atoms with Gasteiger partial charge < -0.3 is 5.32 Å². The number of hydrogen-bond donors (Lipinski definition) is 2. The summed E-state index contributed by atoms with van der Waals surface area (Å²) in [4.78, 5) is 15.7. The van der Waals surface area contributed by atoms with Gasteiger partial charge in [-0.1, -0.05) is 0 Å². The Morgan fingerprint density at radius 2 is 1.95 bits per heavy atom. The molecule has 2 saturated heterocycles. The van der Waals surface area contributed by atoms with E-state index in [2.05, 4.69) is 36.7 Å². The minimum Gasteiger partial charge on any atom is -0.346 e. The molecular weight excluding hydrogens is 296 g/mol. The molecule has 2 heterocycles. The second kappa shape index (κ2) is 6.38. The van der Waals surface area contributed by atoms with Crippen LogP contribution in [-0.2, 0) is 4.79 Å². The predicted octanol–water partition coefficient (Wildman–Crippen LogP) is 1.22. The van der Waals surface area contributed by atoms with Crippen LogP contribution in [0.4, 0.5) is 8.78 Å². The van der Waals surface area contributed by atoms with E-state index in [0.29, 0.717) is 12.6 Å². The van der Waals surface area contributed by atoms with Crippen LogP contribution >= 0.6 is 12.6 Å². The van der Waals surface area contributed by atoms with Crippen molar-refractivity contribution in [2.45, 2.75) is 56.5 Å². The Labute approximate surface area is 130 Å². The zero-order chi connectivity index (χ0) is 15.8. The minimum absolute atomic E-state index is 0.221. The fraction of sp³-hybridized carbons (Fsp3) is 0.929. The van der Waals surface area contributed by atoms with Gasteiger partial charge in [-0.15, -0.1) is 0 Å². The van der Waals surface area contributed by atoms with E-state index < -0.39 is 23.1 Å². The highest BCUT2D eigenvalue weighted by Gasteiger charge is 2.48. The van der Waals surface area contributed by atoms with E-state index in [9.17, 15) is 13.6 Å². The number of likely N-dealkylation sites (tertiary alicyclic amines) is 2. The summed E-state index contributed by atoms with van der Waals surface area (Å²) in [6.07, 6.45) is 0.289. The van der Waals surface area contributed by atoms with Crippen molar-refractivity contribution in [1.82, 2.24) is 15.1 Å². The first-order valence-corrected chi connectivity index (χ1v) is 8.06. The van der Waals surface area contributed by atoms with E-state index in [4.69, 9.17) is 0 Å². The first-order valence-electron chi connectivity index (χ1n) is 7.55. The third-order valence-electron chi connectivity index (χ3n) is 4.46. The molecule has 4 nitrogen and oxygen atoms in total. The Hall–Kier alpha value is -0.400. The molecule has 0 saturated carbocycles. The smallest absolute Gasteiger partial charge is 0.280 e. The van der Waals surface area contributed by atoms with Crippen molar-refractivity contribution in [2.24, 2.45) is 0 Å². The van der Waals surface area contributed by atoms with E-state index in [0.717, 1.165) is 13.1 Å². The van der Waals surface area contributed by atoms with Gasteiger partial charge in [0.25, 0.3) is 5.92 Å². The SMILES string of the molecule is CC(S)C(=O)NC1CCN(C2CN(C(C)C)C2)CC1(F)F. The lowest BCUT2D eigenvalue weighted by molar-refractivity contribution is -0.136. The van der Waals surface area contributed by atoms with Crippen LogP contribution in [0, 0.1) is 0 Å². The highest BCUT2D eigenvalue weighted by Crippen LogP contribution is 2.31. The molecule has 1 N–H and O–H groups in total. The molecule has 2 aliphatic heterocycles. The van der Waals surface area contributed by atoms with Crippen molar-refractivity contribution in [2.75, 3.05) is 26.2 Å². The molecule has 2 aliphatic rings.